The van der Waals surface area contributed by atoms with Crippen LogP contribution in [0.5, 0.6) is 0 Å². The minimum absolute atomic E-state index is 0.0568. The van der Waals surface area contributed by atoms with Crippen molar-refractivity contribution in [3.05, 3.63) is 34.6 Å². The lowest BCUT2D eigenvalue weighted by molar-refractivity contribution is -0.128. The highest BCUT2D eigenvalue weighted by molar-refractivity contribution is 9.10. The SMILES string of the molecule is O=C(NCc1cnc2ccc(Br)cc2n1)C1CCOCC1. The molecule has 21 heavy (non-hydrogen) atoms. The van der Waals surface area contributed by atoms with E-state index < -0.39 is 0 Å². The van der Waals surface area contributed by atoms with E-state index in [1.54, 1.807) is 6.20 Å². The van der Waals surface area contributed by atoms with Gasteiger partial charge in [-0.1, -0.05) is 15.9 Å². The van der Waals surface area contributed by atoms with E-state index in [-0.39, 0.29) is 11.8 Å². The molecule has 2 heterocycles. The molecule has 1 aromatic carbocycles. The number of carbonyl (C=O) groups excluding carboxylic acids is 1. The van der Waals surface area contributed by atoms with E-state index in [2.05, 4.69) is 31.2 Å². The molecule has 5 nitrogen and oxygen atoms in total. The first kappa shape index (κ1) is 14.4. The number of hydrogen-bond acceptors (Lipinski definition) is 4. The number of carbonyl (C=O) groups is 1. The van der Waals surface area contributed by atoms with Crippen molar-refractivity contribution in [2.75, 3.05) is 13.2 Å². The maximum absolute atomic E-state index is 12.1. The van der Waals surface area contributed by atoms with Crippen molar-refractivity contribution < 1.29 is 9.53 Å². The Morgan fingerprint density at radius 2 is 2.14 bits per heavy atom. The summed E-state index contributed by atoms with van der Waals surface area (Å²) in [6, 6.07) is 5.77. The Balaban J connectivity index is 1.65. The quantitative estimate of drug-likeness (QED) is 0.924. The Kier molecular flexibility index (Phi) is 4.45. The van der Waals surface area contributed by atoms with Crippen LogP contribution in [-0.2, 0) is 16.1 Å². The maximum Gasteiger partial charge on any atom is 0.223 e. The van der Waals surface area contributed by atoms with Crippen molar-refractivity contribution in [2.24, 2.45) is 5.92 Å². The maximum atomic E-state index is 12.1. The average molecular weight is 350 g/mol. The van der Waals surface area contributed by atoms with Crippen LogP contribution in [0.3, 0.4) is 0 Å². The summed E-state index contributed by atoms with van der Waals surface area (Å²) in [7, 11) is 0. The van der Waals surface area contributed by atoms with Crippen LogP contribution < -0.4 is 5.32 Å². The molecule has 1 amide bonds. The lowest BCUT2D eigenvalue weighted by Crippen LogP contribution is -2.34. The van der Waals surface area contributed by atoms with Crippen molar-refractivity contribution in [1.82, 2.24) is 15.3 Å². The van der Waals surface area contributed by atoms with Crippen molar-refractivity contribution in [2.45, 2.75) is 19.4 Å². The third-order valence-electron chi connectivity index (χ3n) is 3.59. The molecule has 1 aliphatic heterocycles. The zero-order valence-electron chi connectivity index (χ0n) is 11.5. The van der Waals surface area contributed by atoms with Gasteiger partial charge in [0.25, 0.3) is 0 Å². The Hall–Kier alpha value is -1.53. The number of hydrogen-bond donors (Lipinski definition) is 1. The molecule has 1 N–H and O–H groups in total. The molecule has 0 unspecified atom stereocenters. The number of halogens is 1. The number of amides is 1. The summed E-state index contributed by atoms with van der Waals surface area (Å²) in [6.45, 7) is 1.75. The molecule has 0 saturated carbocycles. The van der Waals surface area contributed by atoms with Gasteiger partial charge >= 0.3 is 0 Å². The Morgan fingerprint density at radius 3 is 2.95 bits per heavy atom. The van der Waals surface area contributed by atoms with Gasteiger partial charge in [0.15, 0.2) is 0 Å². The summed E-state index contributed by atoms with van der Waals surface area (Å²) in [5.74, 6) is 0.135. The molecule has 1 saturated heterocycles. The van der Waals surface area contributed by atoms with Crippen LogP contribution >= 0.6 is 15.9 Å². The Labute approximate surface area is 131 Å². The van der Waals surface area contributed by atoms with Gasteiger partial charge in [-0.05, 0) is 31.0 Å². The first-order chi connectivity index (χ1) is 10.2. The van der Waals surface area contributed by atoms with Gasteiger partial charge in [-0.15, -0.1) is 0 Å². The summed E-state index contributed by atoms with van der Waals surface area (Å²) in [5, 5.41) is 2.94. The molecule has 6 heteroatoms. The van der Waals surface area contributed by atoms with E-state index in [4.69, 9.17) is 4.74 Å². The van der Waals surface area contributed by atoms with Crippen LogP contribution in [0.15, 0.2) is 28.9 Å². The standard InChI is InChI=1S/C15H16BrN3O2/c16-11-1-2-13-14(7-11)19-12(8-17-13)9-18-15(20)10-3-5-21-6-4-10/h1-2,7-8,10H,3-6,9H2,(H,18,20). The number of benzene rings is 1. The lowest BCUT2D eigenvalue weighted by atomic mass is 9.99. The largest absolute Gasteiger partial charge is 0.381 e. The van der Waals surface area contributed by atoms with E-state index in [0.29, 0.717) is 19.8 Å². The summed E-state index contributed by atoms with van der Waals surface area (Å²) in [5.41, 5.74) is 2.43. The van der Waals surface area contributed by atoms with Gasteiger partial charge in [0.1, 0.15) is 0 Å². The third kappa shape index (κ3) is 3.57. The van der Waals surface area contributed by atoms with Gasteiger partial charge in [-0.2, -0.15) is 0 Å². The van der Waals surface area contributed by atoms with Gasteiger partial charge < -0.3 is 10.1 Å². The smallest absolute Gasteiger partial charge is 0.223 e. The highest BCUT2D eigenvalue weighted by Gasteiger charge is 2.21. The molecule has 0 aliphatic carbocycles. The molecule has 1 aliphatic rings. The van der Waals surface area contributed by atoms with Crippen molar-refractivity contribution in [1.29, 1.82) is 0 Å². The van der Waals surface area contributed by atoms with E-state index in [9.17, 15) is 4.79 Å². The Morgan fingerprint density at radius 1 is 1.33 bits per heavy atom. The van der Waals surface area contributed by atoms with Crippen LogP contribution in [0.1, 0.15) is 18.5 Å². The monoisotopic (exact) mass is 349 g/mol. The zero-order valence-corrected chi connectivity index (χ0v) is 13.1. The number of rotatable bonds is 3. The van der Waals surface area contributed by atoms with Gasteiger partial charge in [-0.3, -0.25) is 9.78 Å². The van der Waals surface area contributed by atoms with Gasteiger partial charge in [0.2, 0.25) is 5.91 Å². The van der Waals surface area contributed by atoms with Crippen LogP contribution in [0, 0.1) is 5.92 Å². The average Bonchev–Trinajstić information content (AvgIpc) is 2.53. The lowest BCUT2D eigenvalue weighted by Gasteiger charge is -2.21. The fourth-order valence-corrected chi connectivity index (χ4v) is 2.74. The predicted octanol–water partition coefficient (Wildman–Crippen LogP) is 2.44. The first-order valence-electron chi connectivity index (χ1n) is 6.99. The number of aromatic nitrogens is 2. The van der Waals surface area contributed by atoms with Crippen molar-refractivity contribution in [3.8, 4) is 0 Å². The fourth-order valence-electron chi connectivity index (χ4n) is 2.39. The first-order valence-corrected chi connectivity index (χ1v) is 7.78. The third-order valence-corrected chi connectivity index (χ3v) is 4.08. The molecule has 110 valence electrons. The molecule has 0 atom stereocenters. The Bertz CT molecular complexity index is 656. The van der Waals surface area contributed by atoms with Gasteiger partial charge in [0.05, 0.1) is 29.5 Å². The second-order valence-electron chi connectivity index (χ2n) is 5.10. The van der Waals surface area contributed by atoms with Crippen LogP contribution in [-0.4, -0.2) is 29.1 Å². The number of ether oxygens (including phenoxy) is 1. The van der Waals surface area contributed by atoms with Crippen LogP contribution in [0.2, 0.25) is 0 Å². The van der Waals surface area contributed by atoms with Crippen molar-refractivity contribution in [3.63, 3.8) is 0 Å². The topological polar surface area (TPSA) is 64.1 Å². The van der Waals surface area contributed by atoms with E-state index in [1.165, 1.54) is 0 Å². The van der Waals surface area contributed by atoms with Crippen LogP contribution in [0.25, 0.3) is 11.0 Å². The molecule has 0 spiro atoms. The number of nitrogens with zero attached hydrogens (tertiary/aromatic N) is 2. The van der Waals surface area contributed by atoms with E-state index in [1.807, 2.05) is 18.2 Å². The number of fused-ring (bicyclic) bond motifs is 1. The molecular weight excluding hydrogens is 334 g/mol. The molecular formula is C15H16BrN3O2. The summed E-state index contributed by atoms with van der Waals surface area (Å²) in [6.07, 6.45) is 3.30. The molecule has 1 aromatic heterocycles. The molecule has 1 fully saturated rings. The van der Waals surface area contributed by atoms with E-state index in [0.717, 1.165) is 34.0 Å². The molecule has 0 radical (unpaired) electrons. The van der Waals surface area contributed by atoms with Gasteiger partial charge in [-0.25, -0.2) is 4.98 Å². The minimum Gasteiger partial charge on any atom is -0.381 e. The fraction of sp³-hybridized carbons (Fsp3) is 0.400. The van der Waals surface area contributed by atoms with Gasteiger partial charge in [0, 0.05) is 23.6 Å². The highest BCUT2D eigenvalue weighted by Crippen LogP contribution is 2.17. The molecule has 2 aromatic rings. The predicted molar refractivity (Wildman–Crippen MR) is 82.6 cm³/mol. The normalized spacial score (nSPS) is 16.0. The number of nitrogens with one attached hydrogen (secondary N) is 1. The van der Waals surface area contributed by atoms with E-state index >= 15 is 0 Å². The summed E-state index contributed by atoms with van der Waals surface area (Å²) in [4.78, 5) is 20.9. The highest BCUT2D eigenvalue weighted by atomic mass is 79.9. The summed E-state index contributed by atoms with van der Waals surface area (Å²) < 4.78 is 6.23. The second-order valence-corrected chi connectivity index (χ2v) is 6.01. The zero-order chi connectivity index (χ0) is 14.7. The van der Waals surface area contributed by atoms with Crippen molar-refractivity contribution >= 4 is 32.9 Å². The second kappa shape index (κ2) is 6.49. The molecule has 3 rings (SSSR count). The minimum atomic E-state index is 0.0568. The summed E-state index contributed by atoms with van der Waals surface area (Å²) >= 11 is 3.42. The molecule has 0 bridgehead atoms. The van der Waals surface area contributed by atoms with Crippen LogP contribution in [0.4, 0.5) is 0 Å².